The average molecular weight is 261 g/mol. The quantitative estimate of drug-likeness (QED) is 0.648. The van der Waals surface area contributed by atoms with Gasteiger partial charge in [0.15, 0.2) is 0 Å². The molecular weight excluding hydrogens is 234 g/mol. The number of nitrogens with one attached hydrogen (secondary N) is 1. The fourth-order valence-corrected chi connectivity index (χ4v) is 2.46. The van der Waals surface area contributed by atoms with Crippen LogP contribution in [0.2, 0.25) is 0 Å². The largest absolute Gasteiger partial charge is 0.468 e. The van der Waals surface area contributed by atoms with Gasteiger partial charge in [0.25, 0.3) is 0 Å². The van der Waals surface area contributed by atoms with Crippen LogP contribution >= 0.6 is 11.8 Å². The second kappa shape index (κ2) is 9.77. The summed E-state index contributed by atoms with van der Waals surface area (Å²) in [5, 5.41) is 3.87. The molecule has 0 aliphatic carbocycles. The molecule has 0 aromatic rings. The third kappa shape index (κ3) is 7.66. The van der Waals surface area contributed by atoms with Gasteiger partial charge in [0.1, 0.15) is 6.04 Å². The second-order valence-corrected chi connectivity index (χ2v) is 6.12. The first kappa shape index (κ1) is 16.8. The van der Waals surface area contributed by atoms with Gasteiger partial charge >= 0.3 is 5.97 Å². The average Bonchev–Trinajstić information content (AvgIpc) is 2.31. The Labute approximate surface area is 110 Å². The molecule has 0 aliphatic rings. The topological polar surface area (TPSA) is 38.3 Å². The number of carbonyl (C=O) groups excluding carboxylic acids is 1. The molecule has 0 heterocycles. The van der Waals surface area contributed by atoms with Gasteiger partial charge in [0.05, 0.1) is 7.11 Å². The van der Waals surface area contributed by atoms with Gasteiger partial charge in [0.2, 0.25) is 0 Å². The van der Waals surface area contributed by atoms with E-state index >= 15 is 0 Å². The summed E-state index contributed by atoms with van der Waals surface area (Å²) in [4.78, 5) is 11.5. The molecule has 1 N–H and O–H groups in total. The van der Waals surface area contributed by atoms with Crippen molar-refractivity contribution in [3.8, 4) is 0 Å². The first-order valence-electron chi connectivity index (χ1n) is 6.45. The van der Waals surface area contributed by atoms with Crippen LogP contribution in [0, 0.1) is 5.92 Å². The molecule has 2 unspecified atom stereocenters. The Hall–Kier alpha value is -0.220. The summed E-state index contributed by atoms with van der Waals surface area (Å²) in [5.41, 5.74) is 0. The van der Waals surface area contributed by atoms with Crippen LogP contribution in [0.5, 0.6) is 0 Å². The molecular formula is C13H27NO2S. The molecule has 0 bridgehead atoms. The first-order chi connectivity index (χ1) is 8.02. The SMILES string of the molecule is CCCNC(CCSC(C)C(C)C)C(=O)OC. The van der Waals surface area contributed by atoms with E-state index in [1.807, 2.05) is 11.8 Å². The Morgan fingerprint density at radius 3 is 2.47 bits per heavy atom. The predicted molar refractivity (Wildman–Crippen MR) is 75.5 cm³/mol. The van der Waals surface area contributed by atoms with Gasteiger partial charge in [-0.1, -0.05) is 27.7 Å². The van der Waals surface area contributed by atoms with E-state index in [0.29, 0.717) is 11.2 Å². The van der Waals surface area contributed by atoms with E-state index < -0.39 is 0 Å². The molecule has 102 valence electrons. The number of esters is 1. The number of thioether (sulfide) groups is 1. The molecule has 2 atom stereocenters. The predicted octanol–water partition coefficient (Wildman–Crippen LogP) is 2.70. The third-order valence-corrected chi connectivity index (χ3v) is 4.39. The molecule has 0 aromatic carbocycles. The highest BCUT2D eigenvalue weighted by Gasteiger charge is 2.18. The van der Waals surface area contributed by atoms with E-state index in [-0.39, 0.29) is 12.0 Å². The highest BCUT2D eigenvalue weighted by atomic mass is 32.2. The molecule has 0 aromatic heterocycles. The summed E-state index contributed by atoms with van der Waals surface area (Å²) in [5.74, 6) is 1.53. The molecule has 17 heavy (non-hydrogen) atoms. The van der Waals surface area contributed by atoms with Crippen molar-refractivity contribution in [1.82, 2.24) is 5.32 Å². The van der Waals surface area contributed by atoms with Crippen LogP contribution in [0.3, 0.4) is 0 Å². The van der Waals surface area contributed by atoms with Crippen LogP contribution in [-0.2, 0) is 9.53 Å². The maximum Gasteiger partial charge on any atom is 0.322 e. The lowest BCUT2D eigenvalue weighted by Gasteiger charge is -2.18. The van der Waals surface area contributed by atoms with Crippen molar-refractivity contribution in [2.75, 3.05) is 19.4 Å². The second-order valence-electron chi connectivity index (χ2n) is 4.64. The van der Waals surface area contributed by atoms with Crippen molar-refractivity contribution in [3.63, 3.8) is 0 Å². The minimum atomic E-state index is -0.146. The molecule has 4 heteroatoms. The van der Waals surface area contributed by atoms with Crippen LogP contribution in [0.25, 0.3) is 0 Å². The lowest BCUT2D eigenvalue weighted by molar-refractivity contribution is -0.143. The van der Waals surface area contributed by atoms with Gasteiger partial charge in [-0.05, 0) is 31.1 Å². The molecule has 0 saturated carbocycles. The van der Waals surface area contributed by atoms with Crippen molar-refractivity contribution in [1.29, 1.82) is 0 Å². The molecule has 0 amide bonds. The first-order valence-corrected chi connectivity index (χ1v) is 7.50. The van der Waals surface area contributed by atoms with Gasteiger partial charge in [-0.25, -0.2) is 0 Å². The van der Waals surface area contributed by atoms with Gasteiger partial charge in [-0.2, -0.15) is 11.8 Å². The molecule has 0 fully saturated rings. The van der Waals surface area contributed by atoms with Crippen LogP contribution in [0.15, 0.2) is 0 Å². The van der Waals surface area contributed by atoms with Crippen molar-refractivity contribution < 1.29 is 9.53 Å². The zero-order valence-electron chi connectivity index (χ0n) is 11.8. The number of hydrogen-bond donors (Lipinski definition) is 1. The number of rotatable bonds is 9. The Kier molecular flexibility index (Phi) is 9.65. The number of hydrogen-bond acceptors (Lipinski definition) is 4. The summed E-state index contributed by atoms with van der Waals surface area (Å²) in [6.07, 6.45) is 1.87. The molecule has 0 saturated heterocycles. The van der Waals surface area contributed by atoms with Crippen LogP contribution in [0.4, 0.5) is 0 Å². The Morgan fingerprint density at radius 1 is 1.35 bits per heavy atom. The van der Waals surface area contributed by atoms with E-state index in [4.69, 9.17) is 4.74 Å². The van der Waals surface area contributed by atoms with E-state index in [0.717, 1.165) is 25.1 Å². The van der Waals surface area contributed by atoms with E-state index in [1.54, 1.807) is 0 Å². The van der Waals surface area contributed by atoms with Crippen molar-refractivity contribution in [2.24, 2.45) is 5.92 Å². The van der Waals surface area contributed by atoms with E-state index in [1.165, 1.54) is 7.11 Å². The molecule has 3 nitrogen and oxygen atoms in total. The summed E-state index contributed by atoms with van der Waals surface area (Å²) in [7, 11) is 1.45. The van der Waals surface area contributed by atoms with E-state index in [2.05, 4.69) is 33.0 Å². The molecule has 0 aliphatic heterocycles. The van der Waals surface area contributed by atoms with E-state index in [9.17, 15) is 4.79 Å². The molecule has 0 spiro atoms. The molecule has 0 rings (SSSR count). The summed E-state index contributed by atoms with van der Waals surface area (Å²) in [6, 6.07) is -0.146. The monoisotopic (exact) mass is 261 g/mol. The summed E-state index contributed by atoms with van der Waals surface area (Å²) in [6.45, 7) is 9.65. The maximum atomic E-state index is 11.5. The van der Waals surface area contributed by atoms with Gasteiger partial charge in [0, 0.05) is 5.25 Å². The fourth-order valence-electron chi connectivity index (χ4n) is 1.33. The van der Waals surface area contributed by atoms with Crippen LogP contribution < -0.4 is 5.32 Å². The highest BCUT2D eigenvalue weighted by Crippen LogP contribution is 2.20. The number of ether oxygens (including phenoxy) is 1. The van der Waals surface area contributed by atoms with Crippen molar-refractivity contribution in [3.05, 3.63) is 0 Å². The van der Waals surface area contributed by atoms with Crippen LogP contribution in [0.1, 0.15) is 40.5 Å². The van der Waals surface area contributed by atoms with Crippen LogP contribution in [-0.4, -0.2) is 36.7 Å². The van der Waals surface area contributed by atoms with Gasteiger partial charge < -0.3 is 10.1 Å². The minimum absolute atomic E-state index is 0.142. The van der Waals surface area contributed by atoms with Crippen molar-refractivity contribution >= 4 is 17.7 Å². The lowest BCUT2D eigenvalue weighted by Crippen LogP contribution is -2.38. The number of methoxy groups -OCH3 is 1. The zero-order valence-corrected chi connectivity index (χ0v) is 12.6. The van der Waals surface area contributed by atoms with Crippen molar-refractivity contribution in [2.45, 2.75) is 51.8 Å². The normalized spacial score (nSPS) is 14.7. The Bertz CT molecular complexity index is 210. The zero-order chi connectivity index (χ0) is 13.3. The smallest absolute Gasteiger partial charge is 0.322 e. The fraction of sp³-hybridized carbons (Fsp3) is 0.923. The Balaban J connectivity index is 3.94. The minimum Gasteiger partial charge on any atom is -0.468 e. The standard InChI is InChI=1S/C13H27NO2S/c1-6-8-14-12(13(15)16-5)7-9-17-11(4)10(2)3/h10-12,14H,6-9H2,1-5H3. The number of carbonyl (C=O) groups is 1. The Morgan fingerprint density at radius 2 is 2.00 bits per heavy atom. The van der Waals surface area contributed by atoms with Gasteiger partial charge in [-0.3, -0.25) is 4.79 Å². The summed E-state index contributed by atoms with van der Waals surface area (Å²) >= 11 is 1.93. The maximum absolute atomic E-state index is 11.5. The highest BCUT2D eigenvalue weighted by molar-refractivity contribution is 7.99. The third-order valence-electron chi connectivity index (χ3n) is 2.85. The lowest BCUT2D eigenvalue weighted by atomic mass is 10.2. The van der Waals surface area contributed by atoms with Gasteiger partial charge in [-0.15, -0.1) is 0 Å². The molecule has 0 radical (unpaired) electrons. The summed E-state index contributed by atoms with van der Waals surface area (Å²) < 4.78 is 4.80.